The number of nitrogens with one attached hydrogen (secondary N) is 1. The molecule has 0 fully saturated rings. The Bertz CT molecular complexity index is 406. The molecule has 0 spiro atoms. The first-order chi connectivity index (χ1) is 11.8. The quantitative estimate of drug-likeness (QED) is 0.461. The van der Waals surface area contributed by atoms with Gasteiger partial charge in [0.15, 0.2) is 0 Å². The molecule has 0 aliphatic carbocycles. The Morgan fingerprint density at radius 1 is 0.792 bits per heavy atom. The fourth-order valence-corrected chi connectivity index (χ4v) is 2.90. The van der Waals surface area contributed by atoms with Crippen LogP contribution in [0.25, 0.3) is 0 Å². The zero-order valence-corrected chi connectivity index (χ0v) is 15.3. The van der Waals surface area contributed by atoms with Crippen LogP contribution in [0.5, 0.6) is 0 Å². The van der Waals surface area contributed by atoms with Crippen molar-refractivity contribution in [1.82, 2.24) is 5.32 Å². The van der Waals surface area contributed by atoms with Crippen molar-refractivity contribution in [1.29, 1.82) is 0 Å². The smallest absolute Gasteiger partial charge is 0.220 e. The van der Waals surface area contributed by atoms with Crippen LogP contribution < -0.4 is 11.1 Å². The number of benzene rings is 1. The first-order valence-corrected chi connectivity index (χ1v) is 9.83. The summed E-state index contributed by atoms with van der Waals surface area (Å²) < 4.78 is 0. The van der Waals surface area contributed by atoms with Gasteiger partial charge in [0.2, 0.25) is 5.91 Å². The number of unbranched alkanes of at least 4 members (excludes halogenated alkanes) is 9. The molecule has 0 radical (unpaired) electrons. The lowest BCUT2D eigenvalue weighted by Crippen LogP contribution is -2.24. The second-order valence-electron chi connectivity index (χ2n) is 6.66. The molecule has 0 heterocycles. The van der Waals surface area contributed by atoms with E-state index in [9.17, 15) is 4.79 Å². The van der Waals surface area contributed by atoms with Crippen molar-refractivity contribution in [3.8, 4) is 0 Å². The van der Waals surface area contributed by atoms with Crippen molar-refractivity contribution in [2.24, 2.45) is 5.73 Å². The highest BCUT2D eigenvalue weighted by molar-refractivity contribution is 5.76. The van der Waals surface area contributed by atoms with Gasteiger partial charge in [-0.05, 0) is 31.4 Å². The maximum atomic E-state index is 11.8. The molecule has 1 aromatic rings. The predicted octanol–water partition coefficient (Wildman–Crippen LogP) is 4.60. The summed E-state index contributed by atoms with van der Waals surface area (Å²) in [7, 11) is 0. The molecule has 0 unspecified atom stereocenters. The molecule has 0 aromatic heterocycles. The second kappa shape index (κ2) is 15.2. The van der Waals surface area contributed by atoms with Crippen molar-refractivity contribution in [3.63, 3.8) is 0 Å². The number of rotatable bonds is 15. The molecule has 1 aromatic carbocycles. The summed E-state index contributed by atoms with van der Waals surface area (Å²) in [4.78, 5) is 11.8. The van der Waals surface area contributed by atoms with Gasteiger partial charge in [-0.15, -0.1) is 0 Å². The maximum Gasteiger partial charge on any atom is 0.220 e. The van der Waals surface area contributed by atoms with E-state index in [1.807, 2.05) is 18.2 Å². The molecule has 0 saturated heterocycles. The van der Waals surface area contributed by atoms with Gasteiger partial charge in [0, 0.05) is 13.0 Å². The molecule has 1 rings (SSSR count). The Labute approximate surface area is 148 Å². The molecular formula is C21H36N2O. The SMILES string of the molecule is NCCCCCCCCCCCCNC(=O)CCc1ccccc1. The highest BCUT2D eigenvalue weighted by Crippen LogP contribution is 2.10. The monoisotopic (exact) mass is 332 g/mol. The fraction of sp³-hybridized carbons (Fsp3) is 0.667. The Morgan fingerprint density at radius 3 is 1.92 bits per heavy atom. The Balaban J connectivity index is 1.82. The van der Waals surface area contributed by atoms with Crippen molar-refractivity contribution < 1.29 is 4.79 Å². The van der Waals surface area contributed by atoms with Crippen LogP contribution in [0.1, 0.15) is 76.2 Å². The van der Waals surface area contributed by atoms with Crippen LogP contribution in [0.15, 0.2) is 30.3 Å². The van der Waals surface area contributed by atoms with Gasteiger partial charge in [0.1, 0.15) is 0 Å². The van der Waals surface area contributed by atoms with E-state index in [0.717, 1.165) is 25.9 Å². The number of nitrogens with two attached hydrogens (primary N) is 1. The van der Waals surface area contributed by atoms with Gasteiger partial charge in [-0.2, -0.15) is 0 Å². The number of amides is 1. The average Bonchev–Trinajstić information content (AvgIpc) is 2.62. The van der Waals surface area contributed by atoms with Gasteiger partial charge in [-0.1, -0.05) is 81.7 Å². The van der Waals surface area contributed by atoms with Gasteiger partial charge in [0.05, 0.1) is 0 Å². The summed E-state index contributed by atoms with van der Waals surface area (Å²) in [5.74, 6) is 0.177. The van der Waals surface area contributed by atoms with Gasteiger partial charge in [-0.3, -0.25) is 4.79 Å². The standard InChI is InChI=1S/C21H36N2O/c22-18-12-7-5-3-1-2-4-6-8-13-19-23-21(24)17-16-20-14-10-9-11-15-20/h9-11,14-15H,1-8,12-13,16-19,22H2,(H,23,24). The lowest BCUT2D eigenvalue weighted by Gasteiger charge is -2.06. The van der Waals surface area contributed by atoms with Gasteiger partial charge in [-0.25, -0.2) is 0 Å². The minimum Gasteiger partial charge on any atom is -0.356 e. The van der Waals surface area contributed by atoms with E-state index in [2.05, 4.69) is 17.4 Å². The molecule has 0 saturated carbocycles. The molecule has 3 N–H and O–H groups in total. The Hall–Kier alpha value is -1.35. The van der Waals surface area contributed by atoms with Crippen molar-refractivity contribution in [2.45, 2.75) is 77.0 Å². The topological polar surface area (TPSA) is 55.1 Å². The van der Waals surface area contributed by atoms with Crippen molar-refractivity contribution >= 4 is 5.91 Å². The largest absolute Gasteiger partial charge is 0.356 e. The van der Waals surface area contributed by atoms with E-state index in [4.69, 9.17) is 5.73 Å². The number of carbonyl (C=O) groups is 1. The lowest BCUT2D eigenvalue weighted by atomic mass is 10.1. The van der Waals surface area contributed by atoms with Gasteiger partial charge in [0.25, 0.3) is 0 Å². The van der Waals surface area contributed by atoms with E-state index in [0.29, 0.717) is 6.42 Å². The molecule has 3 nitrogen and oxygen atoms in total. The van der Waals surface area contributed by atoms with Crippen LogP contribution in [0.3, 0.4) is 0 Å². The number of carbonyl (C=O) groups excluding carboxylic acids is 1. The molecular weight excluding hydrogens is 296 g/mol. The van der Waals surface area contributed by atoms with Crippen LogP contribution in [-0.4, -0.2) is 19.0 Å². The highest BCUT2D eigenvalue weighted by atomic mass is 16.1. The molecule has 0 aliphatic heterocycles. The van der Waals surface area contributed by atoms with E-state index in [-0.39, 0.29) is 5.91 Å². The first-order valence-electron chi connectivity index (χ1n) is 9.83. The van der Waals surface area contributed by atoms with Crippen LogP contribution in [0, 0.1) is 0 Å². The van der Waals surface area contributed by atoms with Crippen LogP contribution >= 0.6 is 0 Å². The van der Waals surface area contributed by atoms with Crippen LogP contribution in [0.4, 0.5) is 0 Å². The van der Waals surface area contributed by atoms with E-state index in [1.54, 1.807) is 0 Å². The first kappa shape index (κ1) is 20.7. The van der Waals surface area contributed by atoms with E-state index < -0.39 is 0 Å². The predicted molar refractivity (Wildman–Crippen MR) is 103 cm³/mol. The van der Waals surface area contributed by atoms with Gasteiger partial charge < -0.3 is 11.1 Å². The van der Waals surface area contributed by atoms with Crippen molar-refractivity contribution in [3.05, 3.63) is 35.9 Å². The summed E-state index contributed by atoms with van der Waals surface area (Å²) in [5.41, 5.74) is 6.72. The van der Waals surface area contributed by atoms with Crippen molar-refractivity contribution in [2.75, 3.05) is 13.1 Å². The summed E-state index contributed by atoms with van der Waals surface area (Å²) >= 11 is 0. The minimum absolute atomic E-state index is 0.177. The summed E-state index contributed by atoms with van der Waals surface area (Å²) in [6, 6.07) is 10.2. The normalized spacial score (nSPS) is 10.7. The summed E-state index contributed by atoms with van der Waals surface area (Å²) in [6.45, 7) is 1.66. The molecule has 3 heteroatoms. The highest BCUT2D eigenvalue weighted by Gasteiger charge is 2.01. The van der Waals surface area contributed by atoms with Crippen LogP contribution in [0.2, 0.25) is 0 Å². The molecule has 136 valence electrons. The molecule has 0 aliphatic rings. The molecule has 0 bridgehead atoms. The minimum atomic E-state index is 0.177. The Kier molecular flexibility index (Phi) is 13.1. The molecule has 0 atom stereocenters. The third-order valence-electron chi connectivity index (χ3n) is 4.44. The molecule has 1 amide bonds. The summed E-state index contributed by atoms with van der Waals surface area (Å²) in [6.07, 6.45) is 14.3. The average molecular weight is 333 g/mol. The zero-order valence-electron chi connectivity index (χ0n) is 15.3. The number of hydrogen-bond acceptors (Lipinski definition) is 2. The van der Waals surface area contributed by atoms with Gasteiger partial charge >= 0.3 is 0 Å². The summed E-state index contributed by atoms with van der Waals surface area (Å²) in [5, 5.41) is 3.03. The second-order valence-corrected chi connectivity index (χ2v) is 6.66. The van der Waals surface area contributed by atoms with E-state index in [1.165, 1.54) is 63.4 Å². The zero-order chi connectivity index (χ0) is 17.3. The third-order valence-corrected chi connectivity index (χ3v) is 4.44. The lowest BCUT2D eigenvalue weighted by molar-refractivity contribution is -0.121. The number of hydrogen-bond donors (Lipinski definition) is 2. The molecule has 24 heavy (non-hydrogen) atoms. The van der Waals surface area contributed by atoms with E-state index >= 15 is 0 Å². The Morgan fingerprint density at radius 2 is 1.33 bits per heavy atom. The number of aryl methyl sites for hydroxylation is 1. The third kappa shape index (κ3) is 12.1. The van der Waals surface area contributed by atoms with Crippen LogP contribution in [-0.2, 0) is 11.2 Å². The maximum absolute atomic E-state index is 11.8. The fourth-order valence-electron chi connectivity index (χ4n) is 2.90.